The second kappa shape index (κ2) is 7.44. The van der Waals surface area contributed by atoms with E-state index in [1.807, 2.05) is 0 Å². The highest BCUT2D eigenvalue weighted by Crippen LogP contribution is 2.24. The fourth-order valence-corrected chi connectivity index (χ4v) is 2.84. The van der Waals surface area contributed by atoms with Gasteiger partial charge in [0.15, 0.2) is 0 Å². The van der Waals surface area contributed by atoms with Crippen LogP contribution in [0.4, 0.5) is 5.82 Å². The van der Waals surface area contributed by atoms with Crippen molar-refractivity contribution in [1.82, 2.24) is 19.9 Å². The molecule has 0 radical (unpaired) electrons. The summed E-state index contributed by atoms with van der Waals surface area (Å²) in [6.07, 6.45) is 1.46. The molecule has 26 heavy (non-hydrogen) atoms. The van der Waals surface area contributed by atoms with Gasteiger partial charge in [0.25, 0.3) is 11.5 Å². The number of hydrogen-bond acceptors (Lipinski definition) is 6. The van der Waals surface area contributed by atoms with E-state index in [0.29, 0.717) is 36.1 Å². The Balaban J connectivity index is 1.91. The second-order valence-corrected chi connectivity index (χ2v) is 5.96. The minimum Gasteiger partial charge on any atom is -0.377 e. The molecule has 2 amide bonds. The van der Waals surface area contributed by atoms with Gasteiger partial charge in [0.1, 0.15) is 11.6 Å². The van der Waals surface area contributed by atoms with E-state index in [4.69, 9.17) is 4.74 Å². The summed E-state index contributed by atoms with van der Waals surface area (Å²) in [6.45, 7) is 4.08. The lowest BCUT2D eigenvalue weighted by molar-refractivity contribution is -0.114. The van der Waals surface area contributed by atoms with Crippen LogP contribution in [-0.4, -0.2) is 51.4 Å². The molecule has 1 fully saturated rings. The molecule has 0 bridgehead atoms. The number of pyridine rings is 1. The largest absolute Gasteiger partial charge is 0.377 e. The first-order valence-corrected chi connectivity index (χ1v) is 8.14. The Labute approximate surface area is 149 Å². The maximum atomic E-state index is 13.0. The van der Waals surface area contributed by atoms with Gasteiger partial charge in [-0.1, -0.05) is 0 Å². The zero-order valence-corrected chi connectivity index (χ0v) is 14.5. The van der Waals surface area contributed by atoms with Crippen molar-refractivity contribution in [3.63, 3.8) is 0 Å². The zero-order valence-electron chi connectivity index (χ0n) is 14.5. The smallest absolute Gasteiger partial charge is 0.254 e. The predicted octanol–water partition coefficient (Wildman–Crippen LogP) is 0.645. The van der Waals surface area contributed by atoms with Gasteiger partial charge in [0.05, 0.1) is 24.9 Å². The van der Waals surface area contributed by atoms with E-state index < -0.39 is 6.04 Å². The molecule has 1 saturated heterocycles. The van der Waals surface area contributed by atoms with Crippen LogP contribution in [-0.2, 0) is 9.53 Å². The Morgan fingerprint density at radius 2 is 2.19 bits per heavy atom. The van der Waals surface area contributed by atoms with Crippen LogP contribution in [0, 0.1) is 6.92 Å². The number of carbonyl (C=O) groups excluding carboxylic acids is 2. The molecular formula is C17H19N5O4. The van der Waals surface area contributed by atoms with Crippen LogP contribution in [0.2, 0.25) is 0 Å². The lowest BCUT2D eigenvalue weighted by Gasteiger charge is -2.35. The van der Waals surface area contributed by atoms with E-state index in [1.165, 1.54) is 25.3 Å². The Morgan fingerprint density at radius 3 is 2.92 bits per heavy atom. The number of rotatable bonds is 3. The third-order valence-corrected chi connectivity index (χ3v) is 3.92. The van der Waals surface area contributed by atoms with Crippen LogP contribution in [0.25, 0.3) is 0 Å². The summed E-state index contributed by atoms with van der Waals surface area (Å²) in [5.74, 6) is 0.266. The maximum Gasteiger partial charge on any atom is 0.254 e. The van der Waals surface area contributed by atoms with E-state index in [2.05, 4.69) is 20.3 Å². The highest BCUT2D eigenvalue weighted by atomic mass is 16.5. The van der Waals surface area contributed by atoms with Gasteiger partial charge < -0.3 is 19.9 Å². The monoisotopic (exact) mass is 357 g/mol. The van der Waals surface area contributed by atoms with Crippen LogP contribution in [0.3, 0.4) is 0 Å². The van der Waals surface area contributed by atoms with Crippen molar-refractivity contribution < 1.29 is 14.3 Å². The van der Waals surface area contributed by atoms with Crippen LogP contribution in [0.1, 0.15) is 34.8 Å². The molecule has 0 saturated carbocycles. The number of amides is 2. The Morgan fingerprint density at radius 1 is 1.38 bits per heavy atom. The van der Waals surface area contributed by atoms with Crippen molar-refractivity contribution in [1.29, 1.82) is 0 Å². The second-order valence-electron chi connectivity index (χ2n) is 5.96. The molecule has 3 rings (SSSR count). The number of nitrogens with zero attached hydrogens (tertiary/aromatic N) is 3. The van der Waals surface area contributed by atoms with Crippen LogP contribution >= 0.6 is 0 Å². The molecule has 0 spiro atoms. The average molecular weight is 357 g/mol. The molecule has 9 nitrogen and oxygen atoms in total. The number of nitrogens with one attached hydrogen (secondary N) is 2. The van der Waals surface area contributed by atoms with Crippen LogP contribution in [0.5, 0.6) is 0 Å². The molecular weight excluding hydrogens is 338 g/mol. The molecule has 1 atom stereocenters. The maximum absolute atomic E-state index is 13.0. The van der Waals surface area contributed by atoms with Crippen LogP contribution < -0.4 is 10.9 Å². The fraction of sp³-hybridized carbons (Fsp3) is 0.353. The molecule has 0 aliphatic carbocycles. The van der Waals surface area contributed by atoms with Gasteiger partial charge in [-0.15, -0.1) is 0 Å². The summed E-state index contributed by atoms with van der Waals surface area (Å²) in [7, 11) is 0. The van der Waals surface area contributed by atoms with Gasteiger partial charge >= 0.3 is 0 Å². The molecule has 2 aromatic heterocycles. The minimum atomic E-state index is -0.463. The first kappa shape index (κ1) is 17.7. The molecule has 3 heterocycles. The third kappa shape index (κ3) is 3.94. The summed E-state index contributed by atoms with van der Waals surface area (Å²) in [6, 6.07) is 4.01. The lowest BCUT2D eigenvalue weighted by Crippen LogP contribution is -2.44. The van der Waals surface area contributed by atoms with E-state index >= 15 is 0 Å². The highest BCUT2D eigenvalue weighted by molar-refractivity contribution is 5.96. The molecule has 2 N–H and O–H groups in total. The first-order valence-electron chi connectivity index (χ1n) is 8.14. The first-order chi connectivity index (χ1) is 12.4. The van der Waals surface area contributed by atoms with Crippen molar-refractivity contribution in [2.75, 3.05) is 25.1 Å². The van der Waals surface area contributed by atoms with Gasteiger partial charge in [0.2, 0.25) is 5.91 Å². The number of ether oxygens (including phenoxy) is 1. The van der Waals surface area contributed by atoms with Crippen molar-refractivity contribution in [3.05, 3.63) is 51.8 Å². The number of aromatic nitrogens is 3. The lowest BCUT2D eigenvalue weighted by atomic mass is 10.1. The number of morpholine rings is 1. The van der Waals surface area contributed by atoms with Crippen molar-refractivity contribution >= 4 is 17.6 Å². The number of anilines is 1. The molecule has 0 aromatic carbocycles. The third-order valence-electron chi connectivity index (χ3n) is 3.92. The number of aryl methyl sites for hydroxylation is 1. The SMILES string of the molecule is CC(=O)Nc1cc(C(=O)N2CCOC[C@H]2c2cc(=O)[nH]c(C)n2)ccn1. The van der Waals surface area contributed by atoms with E-state index in [0.717, 1.165) is 0 Å². The predicted molar refractivity (Wildman–Crippen MR) is 92.7 cm³/mol. The van der Waals surface area contributed by atoms with Crippen molar-refractivity contribution in [2.45, 2.75) is 19.9 Å². The molecule has 136 valence electrons. The van der Waals surface area contributed by atoms with Gasteiger partial charge in [0, 0.05) is 31.3 Å². The van der Waals surface area contributed by atoms with Crippen molar-refractivity contribution in [3.8, 4) is 0 Å². The van der Waals surface area contributed by atoms with E-state index in [-0.39, 0.29) is 24.0 Å². The van der Waals surface area contributed by atoms with E-state index in [1.54, 1.807) is 17.9 Å². The minimum absolute atomic E-state index is 0.243. The number of aromatic amines is 1. The zero-order chi connectivity index (χ0) is 18.7. The van der Waals surface area contributed by atoms with Gasteiger partial charge in [-0.3, -0.25) is 14.4 Å². The molecule has 2 aromatic rings. The Bertz CT molecular complexity index is 895. The number of hydrogen-bond donors (Lipinski definition) is 2. The topological polar surface area (TPSA) is 117 Å². The average Bonchev–Trinajstić information content (AvgIpc) is 2.60. The Kier molecular flexibility index (Phi) is 5.08. The van der Waals surface area contributed by atoms with E-state index in [9.17, 15) is 14.4 Å². The quantitative estimate of drug-likeness (QED) is 0.833. The standard InChI is InChI=1S/C17H19N5O4/c1-10-19-13(8-16(24)20-10)14-9-26-6-5-22(14)17(25)12-3-4-18-15(7-12)21-11(2)23/h3-4,7-8,14H,5-6,9H2,1-2H3,(H,18,21,23)(H,19,20,24)/t14-/m0/s1. The van der Waals surface area contributed by atoms with Crippen molar-refractivity contribution in [2.24, 2.45) is 0 Å². The highest BCUT2D eigenvalue weighted by Gasteiger charge is 2.31. The summed E-state index contributed by atoms with van der Waals surface area (Å²) in [4.78, 5) is 48.5. The molecule has 0 unspecified atom stereocenters. The Hall–Kier alpha value is -3.07. The number of carbonyl (C=O) groups is 2. The molecule has 1 aliphatic rings. The van der Waals surface area contributed by atoms with Gasteiger partial charge in [-0.25, -0.2) is 9.97 Å². The van der Waals surface area contributed by atoms with Gasteiger partial charge in [-0.05, 0) is 19.1 Å². The number of H-pyrrole nitrogens is 1. The van der Waals surface area contributed by atoms with Gasteiger partial charge in [-0.2, -0.15) is 0 Å². The molecule has 1 aliphatic heterocycles. The summed E-state index contributed by atoms with van der Waals surface area (Å²) in [5, 5.41) is 2.56. The fourth-order valence-electron chi connectivity index (χ4n) is 2.84. The summed E-state index contributed by atoms with van der Waals surface area (Å²) < 4.78 is 5.49. The normalized spacial score (nSPS) is 17.0. The molecule has 9 heteroatoms. The van der Waals surface area contributed by atoms with Crippen LogP contribution in [0.15, 0.2) is 29.2 Å². The summed E-state index contributed by atoms with van der Waals surface area (Å²) in [5.41, 5.74) is 0.593. The summed E-state index contributed by atoms with van der Waals surface area (Å²) >= 11 is 0.